The highest BCUT2D eigenvalue weighted by Crippen LogP contribution is 2.38. The van der Waals surface area contributed by atoms with E-state index in [-0.39, 0.29) is 5.75 Å². The van der Waals surface area contributed by atoms with Crippen molar-refractivity contribution in [2.45, 2.75) is 24.9 Å². The van der Waals surface area contributed by atoms with Crippen molar-refractivity contribution in [3.63, 3.8) is 0 Å². The number of anilines is 4. The molecule has 0 spiro atoms. The highest BCUT2D eigenvalue weighted by atomic mass is 16.3. The molecule has 176 valence electrons. The summed E-state index contributed by atoms with van der Waals surface area (Å²) in [5.74, 6) is 1.39. The lowest BCUT2D eigenvalue weighted by Gasteiger charge is -2.42. The van der Waals surface area contributed by atoms with Crippen LogP contribution in [0, 0.1) is 0 Å². The molecular formula is C24H29N9O. The van der Waals surface area contributed by atoms with E-state index in [1.165, 1.54) is 0 Å². The van der Waals surface area contributed by atoms with Crippen LogP contribution in [0.25, 0.3) is 11.3 Å². The van der Waals surface area contributed by atoms with E-state index in [0.717, 1.165) is 69.4 Å². The number of para-hydroxylation sites is 1. The molecule has 3 fully saturated rings. The number of rotatable bonds is 4. The van der Waals surface area contributed by atoms with E-state index in [0.29, 0.717) is 29.2 Å². The number of hydrogen-bond donors (Lipinski definition) is 3. The van der Waals surface area contributed by atoms with Gasteiger partial charge in [0.1, 0.15) is 5.75 Å². The van der Waals surface area contributed by atoms with Gasteiger partial charge in [0.25, 0.3) is 0 Å². The lowest BCUT2D eigenvalue weighted by molar-refractivity contribution is 0.477. The minimum atomic E-state index is 0.179. The number of benzene rings is 1. The van der Waals surface area contributed by atoms with Crippen LogP contribution in [-0.2, 0) is 0 Å². The van der Waals surface area contributed by atoms with Gasteiger partial charge < -0.3 is 30.9 Å². The van der Waals surface area contributed by atoms with Crippen molar-refractivity contribution < 1.29 is 5.11 Å². The van der Waals surface area contributed by atoms with Gasteiger partial charge in [-0.05, 0) is 31.0 Å². The minimum absolute atomic E-state index is 0.179. The number of fused-ring (bicyclic) bond motifs is 2. The van der Waals surface area contributed by atoms with Gasteiger partial charge in [-0.3, -0.25) is 0 Å². The molecule has 3 aliphatic heterocycles. The smallest absolute Gasteiger partial charge is 0.226 e. The minimum Gasteiger partial charge on any atom is -0.507 e. The van der Waals surface area contributed by atoms with Gasteiger partial charge >= 0.3 is 0 Å². The predicted molar refractivity (Wildman–Crippen MR) is 132 cm³/mol. The topological polar surface area (TPSA) is 120 Å². The summed E-state index contributed by atoms with van der Waals surface area (Å²) >= 11 is 0. The van der Waals surface area contributed by atoms with E-state index in [4.69, 9.17) is 15.7 Å². The molecule has 0 unspecified atom stereocenters. The van der Waals surface area contributed by atoms with E-state index in [2.05, 4.69) is 30.2 Å². The second-order valence-electron chi connectivity index (χ2n) is 9.19. The molecule has 2 bridgehead atoms. The SMILES string of the molecule is Nc1nnc(-c2ccccc2O)cc1N1C[C@H]2CC[C@@H](C1)N2c1ncc(N2CCNCC2)cn1. The molecule has 10 nitrogen and oxygen atoms in total. The second kappa shape index (κ2) is 8.60. The number of phenols is 1. The lowest BCUT2D eigenvalue weighted by atomic mass is 10.1. The van der Waals surface area contributed by atoms with Crippen molar-refractivity contribution in [3.8, 4) is 17.0 Å². The molecule has 5 heterocycles. The van der Waals surface area contributed by atoms with Crippen LogP contribution in [-0.4, -0.2) is 76.6 Å². The summed E-state index contributed by atoms with van der Waals surface area (Å²) in [5.41, 5.74) is 9.47. The molecule has 0 amide bonds. The van der Waals surface area contributed by atoms with Gasteiger partial charge in [-0.25, -0.2) is 9.97 Å². The fraction of sp³-hybridized carbons (Fsp3) is 0.417. The molecule has 4 N–H and O–H groups in total. The molecular weight excluding hydrogens is 430 g/mol. The first-order valence-corrected chi connectivity index (χ1v) is 11.9. The van der Waals surface area contributed by atoms with Crippen LogP contribution in [0.2, 0.25) is 0 Å². The Morgan fingerprint density at radius 1 is 0.941 bits per heavy atom. The number of piperazine rings is 2. The molecule has 2 atom stereocenters. The molecule has 34 heavy (non-hydrogen) atoms. The van der Waals surface area contributed by atoms with Gasteiger partial charge in [-0.2, -0.15) is 0 Å². The molecule has 1 aromatic carbocycles. The van der Waals surface area contributed by atoms with E-state index < -0.39 is 0 Å². The first-order valence-electron chi connectivity index (χ1n) is 11.9. The summed E-state index contributed by atoms with van der Waals surface area (Å²) in [6.07, 6.45) is 6.11. The predicted octanol–water partition coefficient (Wildman–Crippen LogP) is 1.49. The molecule has 3 saturated heterocycles. The van der Waals surface area contributed by atoms with Crippen molar-refractivity contribution in [2.24, 2.45) is 0 Å². The Bertz CT molecular complexity index is 1150. The number of hydrogen-bond acceptors (Lipinski definition) is 10. The average Bonchev–Trinajstić information content (AvgIpc) is 3.14. The van der Waals surface area contributed by atoms with Crippen molar-refractivity contribution >= 4 is 23.1 Å². The highest BCUT2D eigenvalue weighted by molar-refractivity contribution is 5.74. The summed E-state index contributed by atoms with van der Waals surface area (Å²) in [6, 6.07) is 9.71. The maximum atomic E-state index is 10.3. The summed E-state index contributed by atoms with van der Waals surface area (Å²) in [7, 11) is 0. The van der Waals surface area contributed by atoms with Gasteiger partial charge in [0.2, 0.25) is 5.95 Å². The van der Waals surface area contributed by atoms with Gasteiger partial charge in [0, 0.05) is 56.9 Å². The number of phenolic OH excluding ortho intramolecular Hbond substituents is 1. The van der Waals surface area contributed by atoms with Gasteiger partial charge in [-0.1, -0.05) is 12.1 Å². The molecule has 0 aliphatic carbocycles. The zero-order chi connectivity index (χ0) is 23.1. The second-order valence-corrected chi connectivity index (χ2v) is 9.19. The van der Waals surface area contributed by atoms with Gasteiger partial charge in [0.05, 0.1) is 29.5 Å². The maximum Gasteiger partial charge on any atom is 0.226 e. The number of aromatic nitrogens is 4. The van der Waals surface area contributed by atoms with Crippen LogP contribution in [0.15, 0.2) is 42.7 Å². The monoisotopic (exact) mass is 459 g/mol. The number of nitrogens with zero attached hydrogens (tertiary/aromatic N) is 7. The number of nitrogen functional groups attached to an aromatic ring is 1. The fourth-order valence-electron chi connectivity index (χ4n) is 5.43. The molecule has 0 saturated carbocycles. The molecule has 2 aromatic heterocycles. The van der Waals surface area contributed by atoms with Crippen molar-refractivity contribution in [1.29, 1.82) is 0 Å². The number of aromatic hydroxyl groups is 1. The van der Waals surface area contributed by atoms with Crippen molar-refractivity contribution in [2.75, 3.05) is 59.7 Å². The first kappa shape index (κ1) is 20.9. The van der Waals surface area contributed by atoms with Crippen LogP contribution in [0.4, 0.5) is 23.1 Å². The third kappa shape index (κ3) is 3.73. The first-order chi connectivity index (χ1) is 16.7. The maximum absolute atomic E-state index is 10.3. The largest absolute Gasteiger partial charge is 0.507 e. The number of nitrogens with two attached hydrogens (primary N) is 1. The van der Waals surface area contributed by atoms with E-state index in [9.17, 15) is 5.11 Å². The summed E-state index contributed by atoms with van der Waals surface area (Å²) in [5, 5.41) is 22.1. The van der Waals surface area contributed by atoms with Crippen molar-refractivity contribution in [3.05, 3.63) is 42.7 Å². The molecule has 6 rings (SSSR count). The standard InChI is InChI=1S/C24H29N9O/c25-23-21(11-20(29-30-23)19-3-1-2-4-22(19)34)32-14-16-5-6-17(15-32)33(16)24-27-12-18(13-28-24)31-9-7-26-8-10-31/h1-4,11-13,16-17,26,34H,5-10,14-15H2,(H2,25,30)/t16-,17+. The van der Waals surface area contributed by atoms with E-state index in [1.54, 1.807) is 12.1 Å². The Kier molecular flexibility index (Phi) is 5.29. The van der Waals surface area contributed by atoms with Crippen LogP contribution in [0.5, 0.6) is 5.75 Å². The highest BCUT2D eigenvalue weighted by Gasteiger charge is 2.42. The zero-order valence-electron chi connectivity index (χ0n) is 19.0. The van der Waals surface area contributed by atoms with Gasteiger partial charge in [0.15, 0.2) is 5.82 Å². The quantitative estimate of drug-likeness (QED) is 0.529. The Balaban J connectivity index is 1.22. The van der Waals surface area contributed by atoms with Gasteiger partial charge in [-0.15, -0.1) is 10.2 Å². The van der Waals surface area contributed by atoms with Crippen LogP contribution in [0.3, 0.4) is 0 Å². The van der Waals surface area contributed by atoms with E-state index >= 15 is 0 Å². The van der Waals surface area contributed by atoms with Crippen LogP contribution < -0.4 is 25.8 Å². The Hall–Kier alpha value is -3.66. The summed E-state index contributed by atoms with van der Waals surface area (Å²) in [6.45, 7) is 5.58. The average molecular weight is 460 g/mol. The third-order valence-electron chi connectivity index (χ3n) is 7.14. The Morgan fingerprint density at radius 3 is 2.35 bits per heavy atom. The van der Waals surface area contributed by atoms with Crippen LogP contribution in [0.1, 0.15) is 12.8 Å². The zero-order valence-corrected chi connectivity index (χ0v) is 19.0. The fourth-order valence-corrected chi connectivity index (χ4v) is 5.43. The molecule has 0 radical (unpaired) electrons. The lowest BCUT2D eigenvalue weighted by Crippen LogP contribution is -2.54. The number of nitrogens with one attached hydrogen (secondary N) is 1. The molecule has 3 aromatic rings. The third-order valence-corrected chi connectivity index (χ3v) is 7.14. The Labute approximate surface area is 198 Å². The van der Waals surface area contributed by atoms with E-state index in [1.807, 2.05) is 30.6 Å². The van der Waals surface area contributed by atoms with Crippen molar-refractivity contribution in [1.82, 2.24) is 25.5 Å². The summed E-state index contributed by atoms with van der Waals surface area (Å²) < 4.78 is 0. The summed E-state index contributed by atoms with van der Waals surface area (Å²) in [4.78, 5) is 16.5. The molecule has 3 aliphatic rings. The molecule has 10 heteroatoms. The normalized spacial score (nSPS) is 22.3. The van der Waals surface area contributed by atoms with Crippen LogP contribution >= 0.6 is 0 Å². The Morgan fingerprint density at radius 2 is 1.65 bits per heavy atom.